The number of hydrogen-bond donors (Lipinski definition) is 2. The van der Waals surface area contributed by atoms with Gasteiger partial charge in [-0.25, -0.2) is 0 Å². The van der Waals surface area contributed by atoms with Crippen LogP contribution in [0.5, 0.6) is 0 Å². The number of rotatable bonds is 11. The maximum absolute atomic E-state index is 9.62. The first-order valence-electron chi connectivity index (χ1n) is 8.61. The van der Waals surface area contributed by atoms with E-state index < -0.39 is 20.9 Å². The van der Waals surface area contributed by atoms with Gasteiger partial charge in [-0.1, -0.05) is 27.7 Å². The molecule has 6 heteroatoms. The lowest BCUT2D eigenvalue weighted by molar-refractivity contribution is -0.207. The normalized spacial score (nSPS) is 17.8. The molecule has 0 saturated carbocycles. The van der Waals surface area contributed by atoms with Gasteiger partial charge in [-0.15, -0.1) is 12.3 Å². The van der Waals surface area contributed by atoms with E-state index in [4.69, 9.17) is 25.4 Å². The van der Waals surface area contributed by atoms with Gasteiger partial charge in [0, 0.05) is 12.8 Å². The van der Waals surface area contributed by atoms with Crippen molar-refractivity contribution in [3.63, 3.8) is 0 Å². The zero-order valence-corrected chi connectivity index (χ0v) is 17.3. The van der Waals surface area contributed by atoms with Crippen LogP contribution >= 0.6 is 0 Å². The van der Waals surface area contributed by atoms with Crippen molar-refractivity contribution in [1.82, 2.24) is 0 Å². The van der Waals surface area contributed by atoms with Gasteiger partial charge in [0.1, 0.15) is 0 Å². The summed E-state index contributed by atoms with van der Waals surface area (Å²) in [6.45, 7) is 15.3. The summed E-state index contributed by atoms with van der Waals surface area (Å²) in [5, 5.41) is 18.8. The predicted molar refractivity (Wildman–Crippen MR) is 98.9 cm³/mol. The van der Waals surface area contributed by atoms with Gasteiger partial charge in [-0.05, 0) is 31.0 Å². The smallest absolute Gasteiger partial charge is 0.192 e. The fourth-order valence-corrected chi connectivity index (χ4v) is 2.83. The first-order chi connectivity index (χ1) is 10.9. The highest BCUT2D eigenvalue weighted by Crippen LogP contribution is 2.36. The Balaban J connectivity index is 4.58. The van der Waals surface area contributed by atoms with E-state index in [1.807, 2.05) is 6.92 Å². The lowest BCUT2D eigenvalue weighted by Gasteiger charge is -2.38. The summed E-state index contributed by atoms with van der Waals surface area (Å²) in [6, 6.07) is 0. The van der Waals surface area contributed by atoms with Gasteiger partial charge in [0.2, 0.25) is 0 Å². The van der Waals surface area contributed by atoms with Crippen molar-refractivity contribution in [1.29, 1.82) is 0 Å². The zero-order valence-electron chi connectivity index (χ0n) is 16.3. The largest absolute Gasteiger partial charge is 0.414 e. The highest BCUT2D eigenvalue weighted by molar-refractivity contribution is 6.74. The molecule has 4 atom stereocenters. The second-order valence-electron chi connectivity index (χ2n) is 7.84. The van der Waals surface area contributed by atoms with Crippen LogP contribution in [0.15, 0.2) is 0 Å². The minimum Gasteiger partial charge on any atom is -0.414 e. The fraction of sp³-hybridized carbons (Fsp3) is 0.889. The van der Waals surface area contributed by atoms with Crippen LogP contribution < -0.4 is 0 Å². The molecule has 142 valence electrons. The summed E-state index contributed by atoms with van der Waals surface area (Å²) in [7, 11) is -1.86. The first-order valence-corrected chi connectivity index (χ1v) is 11.5. The molecule has 24 heavy (non-hydrogen) atoms. The van der Waals surface area contributed by atoms with Crippen LogP contribution in [0.1, 0.15) is 47.5 Å². The standard InChI is InChI=1S/C18H36O5Si/c1-9-10-14(2)16(13-22-24(7,8)18(4,5)6)21-12-11-17(20)23-15(3)19/h1,14-17,19-20H,10-13H2,2-8H3/t14-,15?,16-,17?/m1/s1. The third kappa shape index (κ3) is 9.16. The molecule has 0 fully saturated rings. The number of terminal acetylenes is 1. The fourth-order valence-electron chi connectivity index (χ4n) is 1.82. The van der Waals surface area contributed by atoms with E-state index in [1.54, 1.807) is 0 Å². The molecule has 0 heterocycles. The van der Waals surface area contributed by atoms with Gasteiger partial charge in [0.15, 0.2) is 20.9 Å². The molecule has 0 saturated heterocycles. The Morgan fingerprint density at radius 3 is 2.21 bits per heavy atom. The molecule has 0 aromatic carbocycles. The quantitative estimate of drug-likeness (QED) is 0.337. The van der Waals surface area contributed by atoms with E-state index in [1.165, 1.54) is 6.92 Å². The monoisotopic (exact) mass is 360 g/mol. The van der Waals surface area contributed by atoms with Crippen LogP contribution in [0.4, 0.5) is 0 Å². The van der Waals surface area contributed by atoms with Crippen LogP contribution in [0.25, 0.3) is 0 Å². The molecule has 0 rings (SSSR count). The Kier molecular flexibility index (Phi) is 10.4. The summed E-state index contributed by atoms with van der Waals surface area (Å²) >= 11 is 0. The lowest BCUT2D eigenvalue weighted by Crippen LogP contribution is -2.44. The Morgan fingerprint density at radius 1 is 1.17 bits per heavy atom. The first kappa shape index (κ1) is 23.6. The molecule has 0 amide bonds. The Hall–Kier alpha value is -0.423. The van der Waals surface area contributed by atoms with Crippen LogP contribution in [0, 0.1) is 18.3 Å². The van der Waals surface area contributed by atoms with E-state index in [-0.39, 0.29) is 23.5 Å². The second kappa shape index (κ2) is 10.5. The Labute approximate surface area is 148 Å². The summed E-state index contributed by atoms with van der Waals surface area (Å²) in [4.78, 5) is 0. The van der Waals surface area contributed by atoms with Crippen molar-refractivity contribution in [3.8, 4) is 12.3 Å². The van der Waals surface area contributed by atoms with Crippen molar-refractivity contribution in [2.45, 2.75) is 84.3 Å². The Bertz CT molecular complexity index is 384. The summed E-state index contributed by atoms with van der Waals surface area (Å²) in [5.74, 6) is 2.83. The van der Waals surface area contributed by atoms with Crippen LogP contribution in [0.2, 0.25) is 18.1 Å². The van der Waals surface area contributed by atoms with Gasteiger partial charge in [-0.3, -0.25) is 0 Å². The van der Waals surface area contributed by atoms with Gasteiger partial charge in [0.25, 0.3) is 0 Å². The molecule has 2 N–H and O–H groups in total. The molecule has 2 unspecified atom stereocenters. The van der Waals surface area contributed by atoms with E-state index >= 15 is 0 Å². The average Bonchev–Trinajstić information content (AvgIpc) is 2.40. The molecule has 0 aliphatic carbocycles. The van der Waals surface area contributed by atoms with Gasteiger partial charge in [0.05, 0.1) is 19.3 Å². The Morgan fingerprint density at radius 2 is 1.75 bits per heavy atom. The van der Waals surface area contributed by atoms with E-state index in [2.05, 4.69) is 39.8 Å². The van der Waals surface area contributed by atoms with Crippen molar-refractivity contribution >= 4 is 8.32 Å². The molecule has 0 aliphatic rings. The highest BCUT2D eigenvalue weighted by Gasteiger charge is 2.38. The van der Waals surface area contributed by atoms with E-state index in [0.717, 1.165) is 0 Å². The van der Waals surface area contributed by atoms with E-state index in [9.17, 15) is 5.11 Å². The molecule has 0 bridgehead atoms. The van der Waals surface area contributed by atoms with Crippen molar-refractivity contribution in [3.05, 3.63) is 0 Å². The summed E-state index contributed by atoms with van der Waals surface area (Å²) in [5.41, 5.74) is 0. The van der Waals surface area contributed by atoms with Gasteiger partial charge in [-0.2, -0.15) is 0 Å². The number of ether oxygens (including phenoxy) is 2. The molecule has 0 spiro atoms. The highest BCUT2D eigenvalue weighted by atomic mass is 28.4. The molecule has 0 radical (unpaired) electrons. The number of aliphatic hydroxyl groups excluding tert-OH is 2. The van der Waals surface area contributed by atoms with Gasteiger partial charge < -0.3 is 24.1 Å². The third-order valence-electron chi connectivity index (χ3n) is 4.54. The lowest BCUT2D eigenvalue weighted by atomic mass is 10.0. The second-order valence-corrected chi connectivity index (χ2v) is 12.7. The van der Waals surface area contributed by atoms with Crippen LogP contribution in [-0.4, -0.2) is 50.4 Å². The maximum Gasteiger partial charge on any atom is 0.192 e. The average molecular weight is 361 g/mol. The topological polar surface area (TPSA) is 68.2 Å². The number of hydrogen-bond acceptors (Lipinski definition) is 5. The van der Waals surface area contributed by atoms with Crippen LogP contribution in [-0.2, 0) is 13.9 Å². The number of aliphatic hydroxyl groups is 2. The molecule has 5 nitrogen and oxygen atoms in total. The SMILES string of the molecule is C#CC[C@@H](C)[C@@H](CO[Si](C)(C)C(C)(C)C)OCCC(O)OC(C)O. The minimum absolute atomic E-state index is 0.131. The molecular formula is C18H36O5Si. The predicted octanol–water partition coefficient (Wildman–Crippen LogP) is 3.12. The van der Waals surface area contributed by atoms with Crippen molar-refractivity contribution in [2.24, 2.45) is 5.92 Å². The molecule has 0 aromatic rings. The van der Waals surface area contributed by atoms with Crippen LogP contribution in [0.3, 0.4) is 0 Å². The maximum atomic E-state index is 9.62. The summed E-state index contributed by atoms with van der Waals surface area (Å²) < 4.78 is 17.0. The molecule has 0 aliphatic heterocycles. The zero-order chi connectivity index (χ0) is 19.0. The minimum atomic E-state index is -1.86. The third-order valence-corrected chi connectivity index (χ3v) is 9.04. The molecule has 0 aromatic heterocycles. The van der Waals surface area contributed by atoms with E-state index in [0.29, 0.717) is 19.6 Å². The van der Waals surface area contributed by atoms with Gasteiger partial charge >= 0.3 is 0 Å². The molecular weight excluding hydrogens is 324 g/mol. The van der Waals surface area contributed by atoms with Crippen molar-refractivity contribution in [2.75, 3.05) is 13.2 Å². The summed E-state index contributed by atoms with van der Waals surface area (Å²) in [6.07, 6.45) is 4.14. The van der Waals surface area contributed by atoms with Crippen molar-refractivity contribution < 1.29 is 24.1 Å².